The van der Waals surface area contributed by atoms with Gasteiger partial charge in [-0.2, -0.15) is 0 Å². The molecule has 19 heavy (non-hydrogen) atoms. The number of rotatable bonds is 7. The third kappa shape index (κ3) is 4.53. The highest BCUT2D eigenvalue weighted by Crippen LogP contribution is 2.39. The molecule has 1 aliphatic rings. The molecule has 1 aromatic carbocycles. The van der Waals surface area contributed by atoms with E-state index in [2.05, 4.69) is 43.3 Å². The Bertz CT molecular complexity index is 374. The quantitative estimate of drug-likeness (QED) is 0.400. The third-order valence-electron chi connectivity index (χ3n) is 4.32. The monoisotopic (exact) mass is 256 g/mol. The van der Waals surface area contributed by atoms with Crippen LogP contribution < -0.4 is 0 Å². The number of allylic oxidation sites excluding steroid dienone is 2. The van der Waals surface area contributed by atoms with Gasteiger partial charge >= 0.3 is 0 Å². The van der Waals surface area contributed by atoms with E-state index in [-0.39, 0.29) is 0 Å². The van der Waals surface area contributed by atoms with Gasteiger partial charge in [-0.3, -0.25) is 0 Å². The Kier molecular flexibility index (Phi) is 6.20. The van der Waals surface area contributed by atoms with Crippen LogP contribution in [0.3, 0.4) is 0 Å². The minimum atomic E-state index is 0.719. The van der Waals surface area contributed by atoms with E-state index in [0.717, 1.165) is 5.92 Å². The highest BCUT2D eigenvalue weighted by Gasteiger charge is 2.21. The summed E-state index contributed by atoms with van der Waals surface area (Å²) in [7, 11) is 0. The van der Waals surface area contributed by atoms with Gasteiger partial charge in [0, 0.05) is 5.92 Å². The molecular formula is C19H28. The smallest absolute Gasteiger partial charge is 0.00482 e. The molecule has 0 saturated heterocycles. The molecule has 1 fully saturated rings. The van der Waals surface area contributed by atoms with Gasteiger partial charge in [-0.15, -0.1) is 0 Å². The number of hydrogen-bond acceptors (Lipinski definition) is 0. The van der Waals surface area contributed by atoms with Gasteiger partial charge in [-0.25, -0.2) is 0 Å². The Labute approximate surface area is 118 Å². The summed E-state index contributed by atoms with van der Waals surface area (Å²) in [6.07, 6.45) is 14.9. The highest BCUT2D eigenvalue weighted by atomic mass is 14.3. The van der Waals surface area contributed by atoms with Crippen molar-refractivity contribution in [1.29, 1.82) is 0 Å². The van der Waals surface area contributed by atoms with Gasteiger partial charge < -0.3 is 0 Å². The van der Waals surface area contributed by atoms with Gasteiger partial charge in [0.05, 0.1) is 0 Å². The van der Waals surface area contributed by atoms with E-state index >= 15 is 0 Å². The second-order valence-electron chi connectivity index (χ2n) is 5.84. The first-order valence-electron chi connectivity index (χ1n) is 8.15. The van der Waals surface area contributed by atoms with Crippen molar-refractivity contribution in [3.05, 3.63) is 47.5 Å². The summed E-state index contributed by atoms with van der Waals surface area (Å²) in [6.45, 7) is 2.28. The van der Waals surface area contributed by atoms with Crippen LogP contribution in [0.5, 0.6) is 0 Å². The fraction of sp³-hybridized carbons (Fsp3) is 0.579. The van der Waals surface area contributed by atoms with Crippen LogP contribution in [0.4, 0.5) is 0 Å². The molecule has 1 unspecified atom stereocenters. The van der Waals surface area contributed by atoms with Crippen LogP contribution >= 0.6 is 0 Å². The highest BCUT2D eigenvalue weighted by molar-refractivity contribution is 5.31. The van der Waals surface area contributed by atoms with E-state index in [9.17, 15) is 0 Å². The molecule has 0 heteroatoms. The summed E-state index contributed by atoms with van der Waals surface area (Å²) in [6, 6.07) is 11.1. The van der Waals surface area contributed by atoms with Crippen molar-refractivity contribution in [2.24, 2.45) is 0 Å². The Morgan fingerprint density at radius 2 is 1.84 bits per heavy atom. The summed E-state index contributed by atoms with van der Waals surface area (Å²) in [5.41, 5.74) is 3.24. The Hall–Kier alpha value is -1.04. The molecule has 0 heterocycles. The van der Waals surface area contributed by atoms with Crippen molar-refractivity contribution < 1.29 is 0 Å². The normalized spacial score (nSPS) is 21.1. The van der Waals surface area contributed by atoms with E-state index in [0.29, 0.717) is 0 Å². The van der Waals surface area contributed by atoms with Gasteiger partial charge in [0.15, 0.2) is 0 Å². The lowest BCUT2D eigenvalue weighted by molar-refractivity contribution is 0.635. The topological polar surface area (TPSA) is 0 Å². The molecule has 1 aliphatic carbocycles. The summed E-state index contributed by atoms with van der Waals surface area (Å²) in [4.78, 5) is 0. The zero-order valence-corrected chi connectivity index (χ0v) is 12.4. The molecule has 0 radical (unpaired) electrons. The molecule has 1 aromatic rings. The number of benzene rings is 1. The summed E-state index contributed by atoms with van der Waals surface area (Å²) in [5, 5.41) is 0. The van der Waals surface area contributed by atoms with Crippen LogP contribution in [0.25, 0.3) is 0 Å². The average Bonchev–Trinajstić information content (AvgIpc) is 2.92. The van der Waals surface area contributed by atoms with Crippen LogP contribution in [0.2, 0.25) is 0 Å². The largest absolute Gasteiger partial charge is 0.0847 e. The van der Waals surface area contributed by atoms with Crippen molar-refractivity contribution >= 4 is 0 Å². The standard InChI is InChI=1S/C19H28/c1-2-3-4-5-6-8-12-18-15-11-16-19(18)17-13-9-7-10-14-17/h7,9-10,12-14,19H,2-6,8,11,15-16H2,1H3. The Morgan fingerprint density at radius 1 is 1.05 bits per heavy atom. The molecule has 104 valence electrons. The molecular weight excluding hydrogens is 228 g/mol. The van der Waals surface area contributed by atoms with Crippen LogP contribution in [-0.2, 0) is 0 Å². The number of hydrogen-bond donors (Lipinski definition) is 0. The van der Waals surface area contributed by atoms with E-state index in [4.69, 9.17) is 0 Å². The third-order valence-corrected chi connectivity index (χ3v) is 4.32. The van der Waals surface area contributed by atoms with Crippen molar-refractivity contribution in [3.63, 3.8) is 0 Å². The maximum absolute atomic E-state index is 2.55. The lowest BCUT2D eigenvalue weighted by atomic mass is 9.93. The second-order valence-corrected chi connectivity index (χ2v) is 5.84. The fourth-order valence-electron chi connectivity index (χ4n) is 3.22. The molecule has 0 bridgehead atoms. The first-order valence-corrected chi connectivity index (χ1v) is 8.15. The van der Waals surface area contributed by atoms with Crippen LogP contribution in [0.15, 0.2) is 42.0 Å². The Balaban J connectivity index is 1.82. The zero-order chi connectivity index (χ0) is 13.3. The lowest BCUT2D eigenvalue weighted by Gasteiger charge is -2.12. The van der Waals surface area contributed by atoms with Crippen LogP contribution in [0.1, 0.15) is 76.2 Å². The first-order chi connectivity index (χ1) is 9.42. The maximum atomic E-state index is 2.55. The van der Waals surface area contributed by atoms with E-state index in [1.807, 2.05) is 0 Å². The number of unbranched alkanes of at least 4 members (excludes halogenated alkanes) is 5. The minimum Gasteiger partial charge on any atom is -0.0847 e. The van der Waals surface area contributed by atoms with E-state index in [1.165, 1.54) is 63.4 Å². The second kappa shape index (κ2) is 8.19. The molecule has 0 nitrogen and oxygen atoms in total. The molecule has 1 atom stereocenters. The minimum absolute atomic E-state index is 0.719. The van der Waals surface area contributed by atoms with Crippen LogP contribution in [-0.4, -0.2) is 0 Å². The first kappa shape index (κ1) is 14.4. The molecule has 0 amide bonds. The maximum Gasteiger partial charge on any atom is 0.00482 e. The Morgan fingerprint density at radius 3 is 2.63 bits per heavy atom. The van der Waals surface area contributed by atoms with Gasteiger partial charge in [-0.05, 0) is 37.7 Å². The zero-order valence-electron chi connectivity index (χ0n) is 12.4. The molecule has 2 rings (SSSR count). The van der Waals surface area contributed by atoms with E-state index < -0.39 is 0 Å². The predicted molar refractivity (Wildman–Crippen MR) is 84.5 cm³/mol. The van der Waals surface area contributed by atoms with Gasteiger partial charge in [-0.1, -0.05) is 74.6 Å². The van der Waals surface area contributed by atoms with Crippen molar-refractivity contribution in [1.82, 2.24) is 0 Å². The van der Waals surface area contributed by atoms with Crippen molar-refractivity contribution in [3.8, 4) is 0 Å². The molecule has 1 saturated carbocycles. The molecule has 0 spiro atoms. The van der Waals surface area contributed by atoms with Crippen molar-refractivity contribution in [2.75, 3.05) is 0 Å². The predicted octanol–water partition coefficient (Wildman–Crippen LogP) is 6.24. The molecule has 0 N–H and O–H groups in total. The molecule has 0 aromatic heterocycles. The average molecular weight is 256 g/mol. The van der Waals surface area contributed by atoms with E-state index in [1.54, 1.807) is 5.57 Å². The summed E-state index contributed by atoms with van der Waals surface area (Å²) in [5.74, 6) is 0.719. The summed E-state index contributed by atoms with van der Waals surface area (Å²) < 4.78 is 0. The lowest BCUT2D eigenvalue weighted by Crippen LogP contribution is -1.95. The van der Waals surface area contributed by atoms with Gasteiger partial charge in [0.1, 0.15) is 0 Å². The van der Waals surface area contributed by atoms with Crippen LogP contribution in [0, 0.1) is 0 Å². The van der Waals surface area contributed by atoms with Gasteiger partial charge in [0.2, 0.25) is 0 Å². The fourth-order valence-corrected chi connectivity index (χ4v) is 3.22. The SMILES string of the molecule is CCCCCCCC=C1CCCC1c1ccccc1. The molecule has 0 aliphatic heterocycles. The summed E-state index contributed by atoms with van der Waals surface area (Å²) >= 11 is 0. The van der Waals surface area contributed by atoms with Crippen molar-refractivity contribution in [2.45, 2.75) is 70.6 Å². The van der Waals surface area contributed by atoms with Gasteiger partial charge in [0.25, 0.3) is 0 Å².